The Morgan fingerprint density at radius 1 is 1.04 bits per heavy atom. The lowest BCUT2D eigenvalue weighted by molar-refractivity contribution is -0.116. The molecule has 0 aromatic heterocycles. The molecule has 5 nitrogen and oxygen atoms in total. The molecule has 0 radical (unpaired) electrons. The van der Waals surface area contributed by atoms with E-state index in [4.69, 9.17) is 11.6 Å². The van der Waals surface area contributed by atoms with Crippen molar-refractivity contribution in [2.45, 2.75) is 25.2 Å². The molecule has 2 aromatic carbocycles. The Bertz CT molecular complexity index is 833. The van der Waals surface area contributed by atoms with E-state index < -0.39 is 10.0 Å². The second-order valence-corrected chi connectivity index (χ2v) is 7.65. The minimum absolute atomic E-state index is 0.0155. The van der Waals surface area contributed by atoms with Crippen molar-refractivity contribution in [3.63, 3.8) is 0 Å². The third-order valence-corrected chi connectivity index (χ3v) is 5.29. The number of rotatable bonds is 6. The van der Waals surface area contributed by atoms with Gasteiger partial charge in [0, 0.05) is 23.7 Å². The summed E-state index contributed by atoms with van der Waals surface area (Å²) in [6, 6.07) is 11.5. The van der Waals surface area contributed by atoms with Crippen molar-refractivity contribution >= 4 is 33.2 Å². The van der Waals surface area contributed by atoms with E-state index in [1.54, 1.807) is 0 Å². The van der Waals surface area contributed by atoms with Gasteiger partial charge < -0.3 is 5.32 Å². The third kappa shape index (κ3) is 5.06. The molecular formula is C17H19ClN2O3S. The molecule has 0 bridgehead atoms. The Morgan fingerprint density at radius 3 is 2.33 bits per heavy atom. The Kier molecular flexibility index (Phi) is 5.99. The summed E-state index contributed by atoms with van der Waals surface area (Å²) in [5.74, 6) is -0.253. The molecule has 128 valence electrons. The fourth-order valence-corrected chi connectivity index (χ4v) is 3.20. The third-order valence-electron chi connectivity index (χ3n) is 3.56. The Morgan fingerprint density at radius 2 is 1.71 bits per heavy atom. The molecule has 0 spiro atoms. The van der Waals surface area contributed by atoms with Crippen LogP contribution in [0.25, 0.3) is 0 Å². The van der Waals surface area contributed by atoms with E-state index in [1.807, 2.05) is 32.0 Å². The van der Waals surface area contributed by atoms with Crippen LogP contribution in [0.3, 0.4) is 0 Å². The average Bonchev–Trinajstić information content (AvgIpc) is 2.51. The molecule has 2 aromatic rings. The van der Waals surface area contributed by atoms with Gasteiger partial charge in [0.2, 0.25) is 15.9 Å². The lowest BCUT2D eigenvalue weighted by Gasteiger charge is -2.09. The predicted octanol–water partition coefficient (Wildman–Crippen LogP) is 3.26. The van der Waals surface area contributed by atoms with Gasteiger partial charge in [-0.3, -0.25) is 4.79 Å². The van der Waals surface area contributed by atoms with Crippen LogP contribution >= 0.6 is 11.6 Å². The molecule has 7 heteroatoms. The van der Waals surface area contributed by atoms with Crippen molar-refractivity contribution in [1.29, 1.82) is 0 Å². The number of hydrogen-bond donors (Lipinski definition) is 2. The van der Waals surface area contributed by atoms with Gasteiger partial charge in [-0.1, -0.05) is 17.7 Å². The number of amides is 1. The number of carbonyl (C=O) groups is 1. The first-order chi connectivity index (χ1) is 11.3. The van der Waals surface area contributed by atoms with Gasteiger partial charge in [-0.15, -0.1) is 0 Å². The molecule has 2 rings (SSSR count). The van der Waals surface area contributed by atoms with E-state index >= 15 is 0 Å². The highest BCUT2D eigenvalue weighted by molar-refractivity contribution is 7.89. The normalized spacial score (nSPS) is 11.3. The monoisotopic (exact) mass is 366 g/mol. The number of sulfonamides is 1. The van der Waals surface area contributed by atoms with Crippen LogP contribution in [-0.2, 0) is 14.8 Å². The van der Waals surface area contributed by atoms with Gasteiger partial charge in [-0.05, 0) is 61.4 Å². The van der Waals surface area contributed by atoms with Crippen LogP contribution in [0.15, 0.2) is 47.4 Å². The van der Waals surface area contributed by atoms with Crippen LogP contribution in [0, 0.1) is 13.8 Å². The van der Waals surface area contributed by atoms with Crippen LogP contribution in [-0.4, -0.2) is 20.9 Å². The first kappa shape index (κ1) is 18.4. The quantitative estimate of drug-likeness (QED) is 0.823. The number of carbonyl (C=O) groups excluding carboxylic acids is 1. The summed E-state index contributed by atoms with van der Waals surface area (Å²) < 4.78 is 26.6. The molecule has 0 fully saturated rings. The first-order valence-corrected chi connectivity index (χ1v) is 9.26. The highest BCUT2D eigenvalue weighted by Crippen LogP contribution is 2.15. The van der Waals surface area contributed by atoms with E-state index in [9.17, 15) is 13.2 Å². The molecule has 0 aliphatic rings. The summed E-state index contributed by atoms with van der Waals surface area (Å²) in [5, 5.41) is 3.21. The van der Waals surface area contributed by atoms with Gasteiger partial charge >= 0.3 is 0 Å². The molecule has 0 atom stereocenters. The molecular weight excluding hydrogens is 348 g/mol. The molecule has 1 amide bonds. The van der Waals surface area contributed by atoms with Crippen LogP contribution in [0.2, 0.25) is 5.02 Å². The molecule has 0 aliphatic heterocycles. The van der Waals surface area contributed by atoms with Gasteiger partial charge in [-0.25, -0.2) is 13.1 Å². The SMILES string of the molecule is Cc1ccc(NC(=O)CCNS(=O)(=O)c2ccc(Cl)cc2)cc1C. The molecule has 0 aliphatic carbocycles. The van der Waals surface area contributed by atoms with Crippen molar-refractivity contribution in [3.05, 3.63) is 58.6 Å². The van der Waals surface area contributed by atoms with Crippen LogP contribution in [0.4, 0.5) is 5.69 Å². The van der Waals surface area contributed by atoms with E-state index in [1.165, 1.54) is 24.3 Å². The van der Waals surface area contributed by atoms with Gasteiger partial charge in [0.05, 0.1) is 4.90 Å². The van der Waals surface area contributed by atoms with Gasteiger partial charge in [0.1, 0.15) is 0 Å². The summed E-state index contributed by atoms with van der Waals surface area (Å²) in [6.07, 6.45) is 0.0414. The average molecular weight is 367 g/mol. The van der Waals surface area contributed by atoms with Crippen molar-refractivity contribution in [3.8, 4) is 0 Å². The maximum atomic E-state index is 12.1. The molecule has 24 heavy (non-hydrogen) atoms. The van der Waals surface area contributed by atoms with Crippen LogP contribution in [0.1, 0.15) is 17.5 Å². The zero-order valence-electron chi connectivity index (χ0n) is 13.5. The van der Waals surface area contributed by atoms with Crippen LogP contribution in [0.5, 0.6) is 0 Å². The van der Waals surface area contributed by atoms with Crippen LogP contribution < -0.4 is 10.0 Å². The lowest BCUT2D eigenvalue weighted by Crippen LogP contribution is -2.27. The summed E-state index contributed by atoms with van der Waals surface area (Å²) in [6.45, 7) is 3.97. The zero-order chi connectivity index (χ0) is 17.7. The van der Waals surface area contributed by atoms with Gasteiger partial charge in [0.15, 0.2) is 0 Å². The Hall–Kier alpha value is -1.89. The number of benzene rings is 2. The Balaban J connectivity index is 1.87. The second-order valence-electron chi connectivity index (χ2n) is 5.45. The predicted molar refractivity (Wildman–Crippen MR) is 95.8 cm³/mol. The largest absolute Gasteiger partial charge is 0.326 e. The number of nitrogens with one attached hydrogen (secondary N) is 2. The van der Waals surface area contributed by atoms with Gasteiger partial charge in [0.25, 0.3) is 0 Å². The highest BCUT2D eigenvalue weighted by Gasteiger charge is 2.14. The second kappa shape index (κ2) is 7.79. The van der Waals surface area contributed by atoms with Crippen molar-refractivity contribution in [2.24, 2.45) is 0 Å². The number of aryl methyl sites for hydroxylation is 2. The molecule has 0 saturated carbocycles. The standard InChI is InChI=1S/C17H19ClN2O3S/c1-12-3-6-15(11-13(12)2)20-17(21)9-10-19-24(22,23)16-7-4-14(18)5-8-16/h3-8,11,19H,9-10H2,1-2H3,(H,20,21). The summed E-state index contributed by atoms with van der Waals surface area (Å²) in [4.78, 5) is 12.0. The van der Waals surface area contributed by atoms with Gasteiger partial charge in [-0.2, -0.15) is 0 Å². The molecule has 0 heterocycles. The molecule has 0 saturated heterocycles. The number of hydrogen-bond acceptors (Lipinski definition) is 3. The number of anilines is 1. The summed E-state index contributed by atoms with van der Waals surface area (Å²) >= 11 is 5.74. The maximum absolute atomic E-state index is 12.1. The fourth-order valence-electron chi connectivity index (χ4n) is 2.04. The van der Waals surface area contributed by atoms with E-state index in [0.29, 0.717) is 10.7 Å². The van der Waals surface area contributed by atoms with E-state index in [2.05, 4.69) is 10.0 Å². The molecule has 0 unspecified atom stereocenters. The topological polar surface area (TPSA) is 75.3 Å². The fraction of sp³-hybridized carbons (Fsp3) is 0.235. The van der Waals surface area contributed by atoms with Crippen molar-refractivity contribution in [2.75, 3.05) is 11.9 Å². The summed E-state index contributed by atoms with van der Waals surface area (Å²) in [7, 11) is -3.65. The van der Waals surface area contributed by atoms with Crippen molar-refractivity contribution < 1.29 is 13.2 Å². The summed E-state index contributed by atoms with van der Waals surface area (Å²) in [5.41, 5.74) is 2.92. The zero-order valence-corrected chi connectivity index (χ0v) is 15.0. The van der Waals surface area contributed by atoms with E-state index in [0.717, 1.165) is 11.1 Å². The Labute approximate surface area is 147 Å². The minimum Gasteiger partial charge on any atom is -0.326 e. The molecule has 2 N–H and O–H groups in total. The smallest absolute Gasteiger partial charge is 0.240 e. The maximum Gasteiger partial charge on any atom is 0.240 e. The minimum atomic E-state index is -3.65. The van der Waals surface area contributed by atoms with Crippen molar-refractivity contribution in [1.82, 2.24) is 4.72 Å². The number of halogens is 1. The first-order valence-electron chi connectivity index (χ1n) is 7.40. The highest BCUT2D eigenvalue weighted by atomic mass is 35.5. The lowest BCUT2D eigenvalue weighted by atomic mass is 10.1. The van der Waals surface area contributed by atoms with E-state index in [-0.39, 0.29) is 23.8 Å².